The summed E-state index contributed by atoms with van der Waals surface area (Å²) in [6, 6.07) is 0. The van der Waals surface area contributed by atoms with Crippen molar-refractivity contribution in [2.75, 3.05) is 47.5 Å². The first-order valence-corrected chi connectivity index (χ1v) is 21.6. The Kier molecular flexibility index (Phi) is 35.7. The van der Waals surface area contributed by atoms with Gasteiger partial charge in [-0.05, 0) is 51.4 Å². The van der Waals surface area contributed by atoms with Gasteiger partial charge in [-0.25, -0.2) is 0 Å². The Morgan fingerprint density at radius 3 is 1.48 bits per heavy atom. The third-order valence-corrected chi connectivity index (χ3v) is 9.14. The third-order valence-electron chi connectivity index (χ3n) is 9.14. The van der Waals surface area contributed by atoms with Crippen molar-refractivity contribution in [3.63, 3.8) is 0 Å². The highest BCUT2D eigenvalue weighted by Gasteiger charge is 2.21. The monoisotopic (exact) mass is 764 g/mol. The molecule has 0 aliphatic rings. The molecule has 9 nitrogen and oxygen atoms in total. The lowest BCUT2D eigenvalue weighted by Gasteiger charge is -2.26. The average molecular weight is 764 g/mol. The van der Waals surface area contributed by atoms with E-state index in [0.717, 1.165) is 64.2 Å². The molecule has 0 aromatic heterocycles. The van der Waals surface area contributed by atoms with E-state index in [4.69, 9.17) is 18.9 Å². The van der Waals surface area contributed by atoms with E-state index in [-0.39, 0.29) is 38.6 Å². The van der Waals surface area contributed by atoms with E-state index in [9.17, 15) is 19.5 Å². The van der Waals surface area contributed by atoms with Crippen molar-refractivity contribution < 1.29 is 42.9 Å². The molecule has 9 heteroatoms. The van der Waals surface area contributed by atoms with Gasteiger partial charge < -0.3 is 33.3 Å². The number of esters is 2. The fourth-order valence-corrected chi connectivity index (χ4v) is 5.72. The molecule has 0 aromatic rings. The zero-order chi connectivity index (χ0) is 40.0. The van der Waals surface area contributed by atoms with Crippen molar-refractivity contribution in [2.45, 2.75) is 187 Å². The maximum Gasteiger partial charge on any atom is 0.306 e. The van der Waals surface area contributed by atoms with E-state index in [1.54, 1.807) is 0 Å². The molecule has 314 valence electrons. The minimum absolute atomic E-state index is 0.146. The quantitative estimate of drug-likeness (QED) is 0.0200. The van der Waals surface area contributed by atoms with Crippen LogP contribution in [0.1, 0.15) is 174 Å². The lowest BCUT2D eigenvalue weighted by molar-refractivity contribution is -0.870. The van der Waals surface area contributed by atoms with Crippen LogP contribution < -0.4 is 5.11 Å². The summed E-state index contributed by atoms with van der Waals surface area (Å²) in [5, 5.41) is 11.6. The van der Waals surface area contributed by atoms with E-state index in [2.05, 4.69) is 50.3 Å². The number of quaternary nitrogens is 1. The summed E-state index contributed by atoms with van der Waals surface area (Å²) < 4.78 is 22.4. The number of hydrogen-bond acceptors (Lipinski definition) is 8. The van der Waals surface area contributed by atoms with Crippen LogP contribution in [0.25, 0.3) is 0 Å². The van der Waals surface area contributed by atoms with Gasteiger partial charge in [0.15, 0.2) is 12.4 Å². The molecule has 0 aliphatic heterocycles. The molecule has 0 heterocycles. The topological polar surface area (TPSA) is 111 Å². The molecule has 0 saturated heterocycles. The molecular formula is C45H81NO8. The Morgan fingerprint density at radius 2 is 1.00 bits per heavy atom. The molecular weight excluding hydrogens is 682 g/mol. The van der Waals surface area contributed by atoms with Gasteiger partial charge in [0.2, 0.25) is 0 Å². The van der Waals surface area contributed by atoms with Crippen LogP contribution in [0.2, 0.25) is 0 Å². The summed E-state index contributed by atoms with van der Waals surface area (Å²) >= 11 is 0. The number of aliphatic carboxylic acids is 1. The molecule has 0 aliphatic carbocycles. The van der Waals surface area contributed by atoms with Crippen molar-refractivity contribution in [1.29, 1.82) is 0 Å². The smallest absolute Gasteiger partial charge is 0.306 e. The van der Waals surface area contributed by atoms with Crippen molar-refractivity contribution in [2.24, 2.45) is 0 Å². The van der Waals surface area contributed by atoms with E-state index in [0.29, 0.717) is 17.4 Å². The molecule has 0 saturated carbocycles. The third kappa shape index (κ3) is 37.8. The molecule has 0 radical (unpaired) electrons. The first kappa shape index (κ1) is 51.5. The van der Waals surface area contributed by atoms with Gasteiger partial charge in [-0.1, -0.05) is 147 Å². The Labute approximate surface area is 330 Å². The Bertz CT molecular complexity index is 987. The van der Waals surface area contributed by atoms with Crippen LogP contribution in [0.5, 0.6) is 0 Å². The number of unbranched alkanes of at least 4 members (excludes halogenated alkanes) is 18. The highest BCUT2D eigenvalue weighted by atomic mass is 16.7. The summed E-state index contributed by atoms with van der Waals surface area (Å²) in [5.41, 5.74) is 0. The first-order valence-electron chi connectivity index (χ1n) is 21.6. The lowest BCUT2D eigenvalue weighted by atomic mass is 10.1. The SMILES string of the molecule is CCCCCCC/C=C\C/C=C\C/C=C\CCCCCCCCCCC(=O)OC(COC(=O)CCCCCCCC)COC(OCC[N+](C)(C)C)C(=O)[O-]. The van der Waals surface area contributed by atoms with Crippen LogP contribution in [-0.4, -0.2) is 82.3 Å². The maximum atomic E-state index is 12.7. The standard InChI is InChI=1S/C45H81NO8/c1-6-8-10-12-14-15-16-17-18-19-20-21-22-23-24-25-26-27-28-29-30-32-34-36-43(48)54-41(39-52-42(47)35-33-31-13-11-9-7-2)40-53-45(44(49)50)51-38-37-46(3,4)5/h16-17,19-20,22-23,41,45H,6-15,18,21,24-40H2,1-5H3/b17-16-,20-19-,23-22-. The molecule has 0 fully saturated rings. The predicted octanol–water partition coefficient (Wildman–Crippen LogP) is 9.72. The Hall–Kier alpha value is -2.49. The summed E-state index contributed by atoms with van der Waals surface area (Å²) in [6.07, 6.45) is 37.8. The van der Waals surface area contributed by atoms with Gasteiger partial charge in [-0.2, -0.15) is 0 Å². The molecule has 0 aromatic carbocycles. The van der Waals surface area contributed by atoms with Gasteiger partial charge >= 0.3 is 11.9 Å². The van der Waals surface area contributed by atoms with Crippen LogP contribution in [0.4, 0.5) is 0 Å². The van der Waals surface area contributed by atoms with Crippen molar-refractivity contribution in [3.8, 4) is 0 Å². The van der Waals surface area contributed by atoms with Crippen LogP contribution in [0.15, 0.2) is 36.5 Å². The molecule has 2 unspecified atom stereocenters. The fourth-order valence-electron chi connectivity index (χ4n) is 5.72. The fraction of sp³-hybridized carbons (Fsp3) is 0.800. The zero-order valence-electron chi connectivity index (χ0n) is 35.3. The second-order valence-corrected chi connectivity index (χ2v) is 15.6. The maximum absolute atomic E-state index is 12.7. The Morgan fingerprint density at radius 1 is 0.556 bits per heavy atom. The lowest BCUT2D eigenvalue weighted by Crippen LogP contribution is -2.44. The molecule has 2 atom stereocenters. The summed E-state index contributed by atoms with van der Waals surface area (Å²) in [4.78, 5) is 36.7. The minimum Gasteiger partial charge on any atom is -0.545 e. The van der Waals surface area contributed by atoms with Gasteiger partial charge in [0, 0.05) is 12.8 Å². The van der Waals surface area contributed by atoms with Gasteiger partial charge in [0.1, 0.15) is 13.2 Å². The number of likely N-dealkylation sites (N-methyl/N-ethyl adjacent to an activating group) is 1. The summed E-state index contributed by atoms with van der Waals surface area (Å²) in [6.45, 7) is 4.64. The molecule has 0 amide bonds. The number of rotatable bonds is 39. The molecule has 0 rings (SSSR count). The number of carboxylic acid groups (broad SMARTS) is 1. The van der Waals surface area contributed by atoms with Crippen molar-refractivity contribution in [3.05, 3.63) is 36.5 Å². The Balaban J connectivity index is 4.27. The number of ether oxygens (including phenoxy) is 4. The van der Waals surface area contributed by atoms with Gasteiger partial charge in [0.25, 0.3) is 0 Å². The largest absolute Gasteiger partial charge is 0.545 e. The normalized spacial score (nSPS) is 13.3. The van der Waals surface area contributed by atoms with Crippen LogP contribution in [0, 0.1) is 0 Å². The average Bonchev–Trinajstić information content (AvgIpc) is 3.12. The van der Waals surface area contributed by atoms with Gasteiger partial charge in [-0.15, -0.1) is 0 Å². The number of nitrogens with zero attached hydrogens (tertiary/aromatic N) is 1. The number of allylic oxidation sites excluding steroid dienone is 6. The highest BCUT2D eigenvalue weighted by molar-refractivity contribution is 5.70. The van der Waals surface area contributed by atoms with Crippen LogP contribution in [-0.2, 0) is 33.3 Å². The molecule has 54 heavy (non-hydrogen) atoms. The molecule has 0 N–H and O–H groups in total. The number of carboxylic acids is 1. The van der Waals surface area contributed by atoms with Gasteiger partial charge in [0.05, 0.1) is 40.3 Å². The number of carbonyl (C=O) groups excluding carboxylic acids is 3. The summed E-state index contributed by atoms with van der Waals surface area (Å²) in [7, 11) is 5.89. The highest BCUT2D eigenvalue weighted by Crippen LogP contribution is 2.13. The molecule has 0 spiro atoms. The molecule has 0 bridgehead atoms. The van der Waals surface area contributed by atoms with E-state index in [1.165, 1.54) is 77.0 Å². The van der Waals surface area contributed by atoms with Gasteiger partial charge in [-0.3, -0.25) is 9.59 Å². The van der Waals surface area contributed by atoms with E-state index in [1.807, 2.05) is 21.1 Å². The predicted molar refractivity (Wildman–Crippen MR) is 219 cm³/mol. The van der Waals surface area contributed by atoms with E-state index >= 15 is 0 Å². The van der Waals surface area contributed by atoms with E-state index < -0.39 is 24.3 Å². The van der Waals surface area contributed by atoms with Crippen molar-refractivity contribution in [1.82, 2.24) is 0 Å². The first-order chi connectivity index (χ1) is 26.1. The minimum atomic E-state index is -1.62. The van der Waals surface area contributed by atoms with Crippen LogP contribution >= 0.6 is 0 Å². The second-order valence-electron chi connectivity index (χ2n) is 15.6. The van der Waals surface area contributed by atoms with Crippen molar-refractivity contribution >= 4 is 17.9 Å². The summed E-state index contributed by atoms with van der Waals surface area (Å²) in [5.74, 6) is -2.31. The second kappa shape index (κ2) is 37.4. The number of hydrogen-bond donors (Lipinski definition) is 0. The number of carbonyl (C=O) groups is 3. The zero-order valence-corrected chi connectivity index (χ0v) is 35.3. The van der Waals surface area contributed by atoms with Crippen LogP contribution in [0.3, 0.4) is 0 Å².